The predicted molar refractivity (Wildman–Crippen MR) is 96.6 cm³/mol. The monoisotopic (exact) mass is 314 g/mol. The third-order valence-electron chi connectivity index (χ3n) is 4.75. The average Bonchev–Trinajstić information content (AvgIpc) is 3.05. The summed E-state index contributed by atoms with van der Waals surface area (Å²) < 4.78 is 0. The highest BCUT2D eigenvalue weighted by atomic mass is 32.1. The molecule has 1 aromatic carbocycles. The minimum Gasteiger partial charge on any atom is -0.398 e. The Morgan fingerprint density at radius 2 is 2.14 bits per heavy atom. The summed E-state index contributed by atoms with van der Waals surface area (Å²) in [4.78, 5) is 4.20. The molecule has 0 spiro atoms. The molecule has 0 aliphatic heterocycles. The fourth-order valence-electron chi connectivity index (χ4n) is 3.60. The maximum atomic E-state index is 6.13. The van der Waals surface area contributed by atoms with E-state index >= 15 is 0 Å². The van der Waals surface area contributed by atoms with E-state index < -0.39 is 0 Å². The first kappa shape index (κ1) is 15.6. The molecule has 3 rings (SSSR count). The van der Waals surface area contributed by atoms with E-state index in [1.54, 1.807) is 0 Å². The minimum atomic E-state index is 0.675. The molecule has 2 nitrogen and oxygen atoms in total. The van der Waals surface area contributed by atoms with Crippen LogP contribution in [0.15, 0.2) is 35.7 Å². The first-order chi connectivity index (χ1) is 10.8. The molecule has 0 radical (unpaired) electrons. The Hall–Kier alpha value is -1.32. The average molecular weight is 314 g/mol. The van der Waals surface area contributed by atoms with Crippen molar-refractivity contribution < 1.29 is 0 Å². The van der Waals surface area contributed by atoms with Crippen molar-refractivity contribution in [2.45, 2.75) is 45.1 Å². The van der Waals surface area contributed by atoms with Crippen LogP contribution in [0.25, 0.3) is 0 Å². The maximum Gasteiger partial charge on any atom is 0.0349 e. The zero-order chi connectivity index (χ0) is 15.4. The van der Waals surface area contributed by atoms with Crippen molar-refractivity contribution in [2.24, 2.45) is 0 Å². The molecule has 1 atom stereocenters. The van der Waals surface area contributed by atoms with Crippen LogP contribution in [0.3, 0.4) is 0 Å². The lowest BCUT2D eigenvalue weighted by Gasteiger charge is -2.35. The molecule has 1 aromatic heterocycles. The number of anilines is 1. The van der Waals surface area contributed by atoms with E-state index in [9.17, 15) is 0 Å². The van der Waals surface area contributed by atoms with E-state index in [0.717, 1.165) is 18.5 Å². The first-order valence-corrected chi connectivity index (χ1v) is 9.28. The first-order valence-electron chi connectivity index (χ1n) is 8.40. The Bertz CT molecular complexity index is 591. The predicted octanol–water partition coefficient (Wildman–Crippen LogP) is 4.14. The second-order valence-corrected chi connectivity index (χ2v) is 7.28. The maximum absolute atomic E-state index is 6.13. The number of hydrogen-bond donors (Lipinski definition) is 1. The third-order valence-corrected chi connectivity index (χ3v) is 5.68. The van der Waals surface area contributed by atoms with Gasteiger partial charge in [0, 0.05) is 23.2 Å². The van der Waals surface area contributed by atoms with Crippen molar-refractivity contribution in [2.75, 3.05) is 18.8 Å². The van der Waals surface area contributed by atoms with Crippen molar-refractivity contribution >= 4 is 17.0 Å². The number of hydrogen-bond acceptors (Lipinski definition) is 3. The summed E-state index contributed by atoms with van der Waals surface area (Å²) in [6, 6.07) is 11.5. The lowest BCUT2D eigenvalue weighted by molar-refractivity contribution is 0.182. The van der Waals surface area contributed by atoms with Gasteiger partial charge in [0.15, 0.2) is 0 Å². The molecule has 2 aromatic rings. The molecule has 0 fully saturated rings. The smallest absolute Gasteiger partial charge is 0.0349 e. The van der Waals surface area contributed by atoms with Gasteiger partial charge in [-0.1, -0.05) is 25.1 Å². The summed E-state index contributed by atoms with van der Waals surface area (Å²) in [6.45, 7) is 4.66. The minimum absolute atomic E-state index is 0.675. The van der Waals surface area contributed by atoms with E-state index in [-0.39, 0.29) is 0 Å². The molecule has 0 bridgehead atoms. The van der Waals surface area contributed by atoms with Crippen molar-refractivity contribution in [3.05, 3.63) is 51.7 Å². The fraction of sp³-hybridized carbons (Fsp3) is 0.474. The van der Waals surface area contributed by atoms with Crippen molar-refractivity contribution in [3.63, 3.8) is 0 Å². The molecule has 118 valence electrons. The molecule has 2 N–H and O–H groups in total. The summed E-state index contributed by atoms with van der Waals surface area (Å²) in [7, 11) is 0. The number of thiophene rings is 1. The van der Waals surface area contributed by atoms with Gasteiger partial charge < -0.3 is 5.73 Å². The molecule has 1 unspecified atom stereocenters. The highest BCUT2D eigenvalue weighted by Gasteiger charge is 2.24. The second-order valence-electron chi connectivity index (χ2n) is 6.25. The quantitative estimate of drug-likeness (QED) is 0.812. The molecule has 0 saturated carbocycles. The number of rotatable bonds is 6. The van der Waals surface area contributed by atoms with Crippen LogP contribution < -0.4 is 5.73 Å². The number of nitrogen functional groups attached to an aromatic ring is 1. The molecular weight excluding hydrogens is 288 g/mol. The van der Waals surface area contributed by atoms with Gasteiger partial charge in [-0.25, -0.2) is 0 Å². The zero-order valence-electron chi connectivity index (χ0n) is 13.4. The third kappa shape index (κ3) is 3.53. The molecule has 1 aliphatic rings. The highest BCUT2D eigenvalue weighted by Crippen LogP contribution is 2.28. The van der Waals surface area contributed by atoms with Crippen LogP contribution in [0.4, 0.5) is 5.69 Å². The van der Waals surface area contributed by atoms with Gasteiger partial charge in [-0.3, -0.25) is 4.90 Å². The van der Waals surface area contributed by atoms with E-state index in [4.69, 9.17) is 5.73 Å². The van der Waals surface area contributed by atoms with Crippen molar-refractivity contribution in [1.82, 2.24) is 4.90 Å². The fourth-order valence-corrected chi connectivity index (χ4v) is 4.30. The Kier molecular flexibility index (Phi) is 5.16. The molecule has 1 heterocycles. The molecule has 1 aliphatic carbocycles. The summed E-state index contributed by atoms with van der Waals surface area (Å²) >= 11 is 1.88. The molecule has 0 saturated heterocycles. The summed E-state index contributed by atoms with van der Waals surface area (Å²) in [5.74, 6) is 0. The Balaban J connectivity index is 1.67. The van der Waals surface area contributed by atoms with Crippen LogP contribution in [0.2, 0.25) is 0 Å². The summed E-state index contributed by atoms with van der Waals surface area (Å²) in [5.41, 5.74) is 9.98. The van der Waals surface area contributed by atoms with E-state index in [1.807, 2.05) is 17.4 Å². The van der Waals surface area contributed by atoms with Crippen LogP contribution in [0.1, 0.15) is 35.8 Å². The number of benzene rings is 1. The highest BCUT2D eigenvalue weighted by molar-refractivity contribution is 7.09. The Morgan fingerprint density at radius 1 is 1.23 bits per heavy atom. The summed E-state index contributed by atoms with van der Waals surface area (Å²) in [6.07, 6.45) is 5.94. The number of nitrogens with two attached hydrogens (primary N) is 1. The van der Waals surface area contributed by atoms with Crippen LogP contribution in [-0.2, 0) is 19.3 Å². The number of nitrogens with zero attached hydrogens (tertiary/aromatic N) is 1. The van der Waals surface area contributed by atoms with Crippen molar-refractivity contribution in [3.8, 4) is 0 Å². The molecule has 22 heavy (non-hydrogen) atoms. The van der Waals surface area contributed by atoms with Crippen LogP contribution in [-0.4, -0.2) is 24.0 Å². The summed E-state index contributed by atoms with van der Waals surface area (Å²) in [5, 5.41) is 2.18. The SMILES string of the molecule is CCCN(CCc1cccs1)C1CCc2c(N)cccc2C1. The van der Waals surface area contributed by atoms with Gasteiger partial charge in [0.05, 0.1) is 0 Å². The van der Waals surface area contributed by atoms with Gasteiger partial charge in [-0.05, 0) is 67.3 Å². The topological polar surface area (TPSA) is 29.3 Å². The molecular formula is C19H26N2S. The van der Waals surface area contributed by atoms with Crippen LogP contribution >= 0.6 is 11.3 Å². The van der Waals surface area contributed by atoms with E-state index in [0.29, 0.717) is 6.04 Å². The van der Waals surface area contributed by atoms with Gasteiger partial charge in [0.1, 0.15) is 0 Å². The Morgan fingerprint density at radius 3 is 2.91 bits per heavy atom. The van der Waals surface area contributed by atoms with Crippen molar-refractivity contribution in [1.29, 1.82) is 0 Å². The lowest BCUT2D eigenvalue weighted by atomic mass is 9.86. The standard InChI is InChI=1S/C19H26N2S/c1-2-11-21(12-10-17-6-4-13-22-17)16-8-9-18-15(14-16)5-3-7-19(18)20/h3-7,13,16H,2,8-12,14,20H2,1H3. The Labute approximate surface area is 138 Å². The van der Waals surface area contributed by atoms with Gasteiger partial charge in [-0.15, -0.1) is 11.3 Å². The van der Waals surface area contributed by atoms with Gasteiger partial charge in [-0.2, -0.15) is 0 Å². The van der Waals surface area contributed by atoms with E-state index in [2.05, 4.69) is 41.5 Å². The largest absolute Gasteiger partial charge is 0.398 e. The van der Waals surface area contributed by atoms with Crippen LogP contribution in [0, 0.1) is 0 Å². The van der Waals surface area contributed by atoms with Gasteiger partial charge >= 0.3 is 0 Å². The molecule has 3 heteroatoms. The second kappa shape index (κ2) is 7.30. The normalized spacial score (nSPS) is 17.6. The van der Waals surface area contributed by atoms with Gasteiger partial charge in [0.25, 0.3) is 0 Å². The van der Waals surface area contributed by atoms with Gasteiger partial charge in [0.2, 0.25) is 0 Å². The van der Waals surface area contributed by atoms with Crippen LogP contribution in [0.5, 0.6) is 0 Å². The lowest BCUT2D eigenvalue weighted by Crippen LogP contribution is -2.41. The number of fused-ring (bicyclic) bond motifs is 1. The molecule has 0 amide bonds. The van der Waals surface area contributed by atoms with E-state index in [1.165, 1.54) is 48.4 Å². The zero-order valence-corrected chi connectivity index (χ0v) is 14.2.